The minimum atomic E-state index is -4.86. The first-order chi connectivity index (χ1) is 17.1. The summed E-state index contributed by atoms with van der Waals surface area (Å²) >= 11 is 0. The first-order valence-corrected chi connectivity index (χ1v) is 11.8. The van der Waals surface area contributed by atoms with E-state index >= 15 is 0 Å². The Morgan fingerprint density at radius 3 is 2.31 bits per heavy atom. The van der Waals surface area contributed by atoms with E-state index in [1.807, 2.05) is 4.90 Å². The van der Waals surface area contributed by atoms with Crippen molar-refractivity contribution in [1.82, 2.24) is 15.1 Å². The van der Waals surface area contributed by atoms with E-state index in [-0.39, 0.29) is 29.7 Å². The van der Waals surface area contributed by atoms with Crippen LogP contribution in [0.5, 0.6) is 0 Å². The monoisotopic (exact) mass is 514 g/mol. The summed E-state index contributed by atoms with van der Waals surface area (Å²) in [5, 5.41) is 10.0. The molecule has 2 aliphatic heterocycles. The Morgan fingerprint density at radius 2 is 1.67 bits per heavy atom. The van der Waals surface area contributed by atoms with Crippen LogP contribution in [0, 0.1) is 35.2 Å². The number of likely N-dealkylation sites (tertiary alicyclic amines) is 1. The quantitative estimate of drug-likeness (QED) is 0.475. The number of nitrogens with zero attached hydrogens (tertiary/aromatic N) is 3. The van der Waals surface area contributed by atoms with Gasteiger partial charge in [-0.15, -0.1) is 10.2 Å². The summed E-state index contributed by atoms with van der Waals surface area (Å²) < 4.78 is 88.0. The summed E-state index contributed by atoms with van der Waals surface area (Å²) in [6.07, 6.45) is -2.33. The lowest BCUT2D eigenvalue weighted by molar-refractivity contribution is -0.138. The Labute approximate surface area is 203 Å². The lowest BCUT2D eigenvalue weighted by Gasteiger charge is -2.27. The third kappa shape index (κ3) is 4.87. The SMILES string of the molecule is O=C(C1CCOCC1)N1C[C@H]2CC(Nc3nnc(-c4cc(F)cc(F)c4F)cc3C(F)(F)F)C[C@H]2C1. The molecule has 3 heterocycles. The van der Waals surface area contributed by atoms with Crippen LogP contribution in [0.15, 0.2) is 18.2 Å². The number of hydrogen-bond donors (Lipinski definition) is 1. The largest absolute Gasteiger partial charge is 0.420 e. The summed E-state index contributed by atoms with van der Waals surface area (Å²) in [7, 11) is 0. The Morgan fingerprint density at radius 1 is 1.00 bits per heavy atom. The number of alkyl halides is 3. The zero-order valence-electron chi connectivity index (χ0n) is 19.1. The first kappa shape index (κ1) is 24.8. The lowest BCUT2D eigenvalue weighted by atomic mass is 9.98. The van der Waals surface area contributed by atoms with Gasteiger partial charge in [-0.2, -0.15) is 13.2 Å². The maximum Gasteiger partial charge on any atom is 0.420 e. The van der Waals surface area contributed by atoms with Crippen molar-refractivity contribution in [1.29, 1.82) is 0 Å². The number of ether oxygens (including phenoxy) is 1. The summed E-state index contributed by atoms with van der Waals surface area (Å²) in [6.45, 7) is 2.29. The number of nitrogens with one attached hydrogen (secondary N) is 1. The van der Waals surface area contributed by atoms with Crippen LogP contribution in [0.1, 0.15) is 31.2 Å². The number of carbonyl (C=O) groups excluding carboxylic acids is 1. The van der Waals surface area contributed by atoms with Crippen LogP contribution in [-0.4, -0.2) is 53.3 Å². The van der Waals surface area contributed by atoms with Crippen LogP contribution < -0.4 is 5.32 Å². The number of hydrogen-bond acceptors (Lipinski definition) is 5. The molecule has 1 unspecified atom stereocenters. The second-order valence-electron chi connectivity index (χ2n) is 9.70. The van der Waals surface area contributed by atoms with Crippen LogP contribution in [0.4, 0.5) is 32.2 Å². The third-order valence-corrected chi connectivity index (χ3v) is 7.34. The van der Waals surface area contributed by atoms with Gasteiger partial charge in [0.05, 0.1) is 5.69 Å². The van der Waals surface area contributed by atoms with Crippen LogP contribution in [0.25, 0.3) is 11.3 Å². The molecule has 6 nitrogen and oxygen atoms in total. The summed E-state index contributed by atoms with van der Waals surface area (Å²) in [6, 6.07) is 1.09. The molecule has 5 rings (SSSR count). The van der Waals surface area contributed by atoms with E-state index < -0.39 is 46.3 Å². The van der Waals surface area contributed by atoms with Gasteiger partial charge in [0.1, 0.15) is 11.4 Å². The maximum absolute atomic E-state index is 14.1. The second kappa shape index (κ2) is 9.53. The van der Waals surface area contributed by atoms with Crippen molar-refractivity contribution in [2.45, 2.75) is 37.9 Å². The maximum atomic E-state index is 14.1. The van der Waals surface area contributed by atoms with Crippen molar-refractivity contribution in [2.75, 3.05) is 31.6 Å². The predicted octanol–water partition coefficient (Wildman–Crippen LogP) is 4.66. The lowest BCUT2D eigenvalue weighted by Crippen LogP contribution is -2.38. The zero-order chi connectivity index (χ0) is 25.6. The van der Waals surface area contributed by atoms with Gasteiger partial charge in [0.2, 0.25) is 5.91 Å². The molecule has 2 aromatic rings. The molecule has 3 atom stereocenters. The summed E-state index contributed by atoms with van der Waals surface area (Å²) in [5.41, 5.74) is -2.58. The predicted molar refractivity (Wildman–Crippen MR) is 116 cm³/mol. The van der Waals surface area contributed by atoms with Crippen molar-refractivity contribution < 1.29 is 35.9 Å². The fourth-order valence-electron chi connectivity index (χ4n) is 5.58. The Kier molecular flexibility index (Phi) is 6.56. The molecule has 1 N–H and O–H groups in total. The highest BCUT2D eigenvalue weighted by Crippen LogP contribution is 2.42. The molecule has 0 spiro atoms. The van der Waals surface area contributed by atoms with Gasteiger partial charge in [-0.05, 0) is 49.7 Å². The highest BCUT2D eigenvalue weighted by molar-refractivity contribution is 5.79. The standard InChI is InChI=1S/C24H24F6N4O2/c25-15-7-17(21(27)19(26)8-15)20-9-18(24(28,29)30)22(33-32-20)31-16-5-13-10-34(11-14(13)6-16)23(35)12-1-3-36-4-2-12/h7-9,12-14,16H,1-6,10-11H2,(H,31,33)/t13-,14+,16?. The smallest absolute Gasteiger partial charge is 0.381 e. The Hall–Kier alpha value is -2.89. The Balaban J connectivity index is 1.29. The van der Waals surface area contributed by atoms with E-state index in [0.29, 0.717) is 70.2 Å². The van der Waals surface area contributed by atoms with Gasteiger partial charge in [0, 0.05) is 49.9 Å². The van der Waals surface area contributed by atoms with Gasteiger partial charge in [-0.3, -0.25) is 4.79 Å². The van der Waals surface area contributed by atoms with Gasteiger partial charge in [0.25, 0.3) is 0 Å². The highest BCUT2D eigenvalue weighted by Gasteiger charge is 2.44. The van der Waals surface area contributed by atoms with E-state index in [4.69, 9.17) is 4.74 Å². The first-order valence-electron chi connectivity index (χ1n) is 11.8. The summed E-state index contributed by atoms with van der Waals surface area (Å²) in [4.78, 5) is 14.7. The molecule has 1 aliphatic carbocycles. The number of rotatable bonds is 4. The fraction of sp³-hybridized carbons (Fsp3) is 0.542. The van der Waals surface area contributed by atoms with Gasteiger partial charge >= 0.3 is 6.18 Å². The average molecular weight is 514 g/mol. The second-order valence-corrected chi connectivity index (χ2v) is 9.70. The molecular formula is C24H24F6N4O2. The number of halogens is 6. The van der Waals surface area contributed by atoms with Crippen molar-refractivity contribution >= 4 is 11.7 Å². The molecular weight excluding hydrogens is 490 g/mol. The molecule has 36 heavy (non-hydrogen) atoms. The molecule has 1 amide bonds. The van der Waals surface area contributed by atoms with E-state index in [2.05, 4.69) is 15.5 Å². The minimum absolute atomic E-state index is 0.0361. The van der Waals surface area contributed by atoms with Crippen molar-refractivity contribution in [2.24, 2.45) is 17.8 Å². The molecule has 1 aromatic heterocycles. The molecule has 1 saturated carbocycles. The molecule has 194 valence electrons. The number of anilines is 1. The number of aromatic nitrogens is 2. The third-order valence-electron chi connectivity index (χ3n) is 7.34. The minimum Gasteiger partial charge on any atom is -0.381 e. The van der Waals surface area contributed by atoms with Gasteiger partial charge in [-0.25, -0.2) is 13.2 Å². The number of carbonyl (C=O) groups is 1. The molecule has 1 aromatic carbocycles. The zero-order valence-corrected chi connectivity index (χ0v) is 19.1. The number of benzene rings is 1. The topological polar surface area (TPSA) is 67.3 Å². The van der Waals surface area contributed by atoms with Crippen LogP contribution >= 0.6 is 0 Å². The van der Waals surface area contributed by atoms with Crippen LogP contribution in [0.3, 0.4) is 0 Å². The normalized spacial score (nSPS) is 24.7. The van der Waals surface area contributed by atoms with Gasteiger partial charge in [0.15, 0.2) is 17.5 Å². The van der Waals surface area contributed by atoms with Gasteiger partial charge < -0.3 is 15.0 Å². The molecule has 3 aliphatic rings. The molecule has 0 radical (unpaired) electrons. The number of fused-ring (bicyclic) bond motifs is 1. The van der Waals surface area contributed by atoms with Crippen molar-refractivity contribution in [3.05, 3.63) is 41.2 Å². The molecule has 12 heteroatoms. The number of amides is 1. The van der Waals surface area contributed by atoms with Crippen molar-refractivity contribution in [3.8, 4) is 11.3 Å². The van der Waals surface area contributed by atoms with Gasteiger partial charge in [-0.1, -0.05) is 0 Å². The van der Waals surface area contributed by atoms with Crippen molar-refractivity contribution in [3.63, 3.8) is 0 Å². The fourth-order valence-corrected chi connectivity index (χ4v) is 5.58. The Bertz CT molecular complexity index is 1140. The molecule has 0 bridgehead atoms. The molecule has 3 fully saturated rings. The molecule has 2 saturated heterocycles. The van der Waals surface area contributed by atoms with Crippen LogP contribution in [0.2, 0.25) is 0 Å². The van der Waals surface area contributed by atoms with E-state index in [9.17, 15) is 31.1 Å². The average Bonchev–Trinajstić information content (AvgIpc) is 3.40. The highest BCUT2D eigenvalue weighted by atomic mass is 19.4. The summed E-state index contributed by atoms with van der Waals surface area (Å²) in [5.74, 6) is -4.31. The van der Waals surface area contributed by atoms with Crippen LogP contribution in [-0.2, 0) is 15.7 Å². The van der Waals surface area contributed by atoms with E-state index in [0.717, 1.165) is 0 Å². The van der Waals surface area contributed by atoms with E-state index in [1.165, 1.54) is 0 Å². The van der Waals surface area contributed by atoms with E-state index in [1.54, 1.807) is 0 Å².